The zero-order chi connectivity index (χ0) is 21.2. The van der Waals surface area contributed by atoms with Crippen LogP contribution in [0.5, 0.6) is 5.75 Å². The molecule has 0 aliphatic carbocycles. The van der Waals surface area contributed by atoms with Crippen molar-refractivity contribution in [1.29, 1.82) is 0 Å². The summed E-state index contributed by atoms with van der Waals surface area (Å²) < 4.78 is 12.3. The van der Waals surface area contributed by atoms with Crippen molar-refractivity contribution in [2.75, 3.05) is 6.61 Å². The number of phenols is 1. The second-order valence-electron chi connectivity index (χ2n) is 7.53. The normalized spacial score (nSPS) is 21.7. The third-order valence-electron chi connectivity index (χ3n) is 5.25. The van der Waals surface area contributed by atoms with Crippen molar-refractivity contribution < 1.29 is 24.5 Å². The highest BCUT2D eigenvalue weighted by Gasteiger charge is 2.33. The molecule has 1 aromatic carbocycles. The largest absolute Gasteiger partial charge is 0.508 e. The van der Waals surface area contributed by atoms with Crippen molar-refractivity contribution in [3.63, 3.8) is 0 Å². The monoisotopic (exact) mass is 411 g/mol. The van der Waals surface area contributed by atoms with Gasteiger partial charge in [-0.25, -0.2) is 0 Å². The van der Waals surface area contributed by atoms with E-state index in [2.05, 4.69) is 11.1 Å². The molecule has 2 N–H and O–H groups in total. The quantitative estimate of drug-likeness (QED) is 0.437. The van der Waals surface area contributed by atoms with E-state index in [0.29, 0.717) is 13.0 Å². The van der Waals surface area contributed by atoms with Crippen molar-refractivity contribution in [1.82, 2.24) is 4.98 Å². The zero-order valence-corrected chi connectivity index (χ0v) is 17.0. The van der Waals surface area contributed by atoms with E-state index in [4.69, 9.17) is 14.6 Å². The van der Waals surface area contributed by atoms with Gasteiger partial charge in [0.15, 0.2) is 6.29 Å². The summed E-state index contributed by atoms with van der Waals surface area (Å²) in [6.07, 6.45) is 10.9. The van der Waals surface area contributed by atoms with Crippen molar-refractivity contribution in [3.8, 4) is 5.75 Å². The number of para-hydroxylation sites is 1. The number of aromatic nitrogens is 1. The third-order valence-corrected chi connectivity index (χ3v) is 5.25. The molecule has 6 heteroatoms. The summed E-state index contributed by atoms with van der Waals surface area (Å²) >= 11 is 0. The first kappa shape index (κ1) is 22.0. The van der Waals surface area contributed by atoms with E-state index in [1.165, 1.54) is 5.56 Å². The molecule has 6 nitrogen and oxygen atoms in total. The lowest BCUT2D eigenvalue weighted by molar-refractivity contribution is -0.240. The van der Waals surface area contributed by atoms with E-state index in [9.17, 15) is 9.90 Å². The van der Waals surface area contributed by atoms with Crippen LogP contribution in [0.25, 0.3) is 0 Å². The Hall–Kier alpha value is -2.70. The topological polar surface area (TPSA) is 88.9 Å². The number of carbonyl (C=O) groups is 1. The summed E-state index contributed by atoms with van der Waals surface area (Å²) in [7, 11) is 0. The van der Waals surface area contributed by atoms with Crippen molar-refractivity contribution >= 4 is 5.97 Å². The van der Waals surface area contributed by atoms with Crippen LogP contribution in [0.4, 0.5) is 0 Å². The Morgan fingerprint density at radius 3 is 2.73 bits per heavy atom. The van der Waals surface area contributed by atoms with E-state index in [0.717, 1.165) is 31.2 Å². The van der Waals surface area contributed by atoms with Gasteiger partial charge in [-0.2, -0.15) is 0 Å². The Morgan fingerprint density at radius 2 is 1.97 bits per heavy atom. The maximum atomic E-state index is 10.6. The summed E-state index contributed by atoms with van der Waals surface area (Å²) in [6, 6.07) is 11.3. The van der Waals surface area contributed by atoms with Crippen molar-refractivity contribution in [2.45, 2.75) is 50.9 Å². The second kappa shape index (κ2) is 11.5. The standard InChI is InChI=1S/C24H29NO5/c26-21-9-6-5-8-20(21)24-19(7-3-1-2-4-10-22(27)28)17-29-23(30-24)12-11-18-13-15-25-16-14-18/h1,3,5-6,8-9,13-16,19,23-24,26H,2,4,7,10-12,17H2,(H,27,28)/b3-1-. The highest BCUT2D eigenvalue weighted by atomic mass is 16.7. The predicted octanol–water partition coefficient (Wildman–Crippen LogP) is 4.65. The fourth-order valence-corrected chi connectivity index (χ4v) is 3.62. The van der Waals surface area contributed by atoms with Gasteiger partial charge in [0.05, 0.1) is 12.7 Å². The molecule has 0 radical (unpaired) electrons. The number of nitrogens with zero attached hydrogens (tertiary/aromatic N) is 1. The summed E-state index contributed by atoms with van der Waals surface area (Å²) in [6.45, 7) is 0.541. The second-order valence-corrected chi connectivity index (χ2v) is 7.53. The number of ether oxygens (including phenoxy) is 2. The average Bonchev–Trinajstić information content (AvgIpc) is 2.76. The third kappa shape index (κ3) is 6.68. The van der Waals surface area contributed by atoms with E-state index in [-0.39, 0.29) is 30.5 Å². The zero-order valence-electron chi connectivity index (χ0n) is 17.0. The number of aliphatic carboxylic acids is 1. The van der Waals surface area contributed by atoms with Gasteiger partial charge in [-0.15, -0.1) is 0 Å². The lowest BCUT2D eigenvalue weighted by Crippen LogP contribution is -2.35. The maximum Gasteiger partial charge on any atom is 0.303 e. The van der Waals surface area contributed by atoms with Gasteiger partial charge in [-0.05, 0) is 49.4 Å². The molecule has 30 heavy (non-hydrogen) atoms. The average molecular weight is 411 g/mol. The Balaban J connectivity index is 1.60. The van der Waals surface area contributed by atoms with Gasteiger partial charge in [0, 0.05) is 36.7 Å². The number of carboxylic acids is 1. The molecule has 3 unspecified atom stereocenters. The number of hydrogen-bond acceptors (Lipinski definition) is 5. The minimum atomic E-state index is -0.769. The first-order valence-electron chi connectivity index (χ1n) is 10.4. The molecule has 3 rings (SSSR count). The Bertz CT molecular complexity index is 823. The van der Waals surface area contributed by atoms with Crippen LogP contribution < -0.4 is 0 Å². The lowest BCUT2D eigenvalue weighted by Gasteiger charge is -2.37. The van der Waals surface area contributed by atoms with Crippen LogP contribution in [-0.2, 0) is 20.7 Å². The van der Waals surface area contributed by atoms with E-state index >= 15 is 0 Å². The molecule has 1 aliphatic rings. The van der Waals surface area contributed by atoms with E-state index < -0.39 is 5.97 Å². The number of aromatic hydroxyl groups is 1. The molecule has 0 spiro atoms. The van der Waals surface area contributed by atoms with Gasteiger partial charge in [0.2, 0.25) is 0 Å². The van der Waals surface area contributed by atoms with Gasteiger partial charge in [-0.1, -0.05) is 30.4 Å². The molecule has 160 valence electrons. The summed E-state index contributed by atoms with van der Waals surface area (Å²) in [5, 5.41) is 19.1. The van der Waals surface area contributed by atoms with Crippen LogP contribution in [0.1, 0.15) is 49.3 Å². The number of benzene rings is 1. The summed E-state index contributed by atoms with van der Waals surface area (Å²) in [5.74, 6) is -0.464. The molecule has 0 saturated carbocycles. The highest BCUT2D eigenvalue weighted by Crippen LogP contribution is 2.39. The van der Waals surface area contributed by atoms with Crippen LogP contribution in [0.3, 0.4) is 0 Å². The van der Waals surface area contributed by atoms with Crippen LogP contribution in [-0.4, -0.2) is 34.1 Å². The number of pyridine rings is 1. The van der Waals surface area contributed by atoms with Gasteiger partial charge >= 0.3 is 5.97 Å². The highest BCUT2D eigenvalue weighted by molar-refractivity contribution is 5.66. The molecule has 0 amide bonds. The number of phenolic OH excluding ortho intramolecular Hbond substituents is 1. The fourth-order valence-electron chi connectivity index (χ4n) is 3.62. The van der Waals surface area contributed by atoms with Gasteiger partial charge in [-0.3, -0.25) is 9.78 Å². The molecule has 1 aliphatic heterocycles. The summed E-state index contributed by atoms with van der Waals surface area (Å²) in [5.41, 5.74) is 1.96. The van der Waals surface area contributed by atoms with Gasteiger partial charge in [0.25, 0.3) is 0 Å². The minimum Gasteiger partial charge on any atom is -0.508 e. The maximum absolute atomic E-state index is 10.6. The SMILES string of the molecule is O=C(O)CCC/C=C\CC1COC(CCc2ccncc2)OC1c1ccccc1O. The van der Waals surface area contributed by atoms with E-state index in [1.54, 1.807) is 24.5 Å². The lowest BCUT2D eigenvalue weighted by atomic mass is 9.91. The minimum absolute atomic E-state index is 0.0752. The molecular formula is C24H29NO5. The van der Waals surface area contributed by atoms with Gasteiger partial charge in [0.1, 0.15) is 5.75 Å². The number of hydrogen-bond donors (Lipinski definition) is 2. The van der Waals surface area contributed by atoms with Crippen LogP contribution in [0.15, 0.2) is 60.9 Å². The first-order chi connectivity index (χ1) is 14.6. The Labute approximate surface area is 177 Å². The molecule has 2 aromatic rings. The van der Waals surface area contributed by atoms with Crippen molar-refractivity contribution in [2.24, 2.45) is 5.92 Å². The molecule has 3 atom stereocenters. The van der Waals surface area contributed by atoms with Crippen LogP contribution >= 0.6 is 0 Å². The van der Waals surface area contributed by atoms with E-state index in [1.807, 2.05) is 30.3 Å². The van der Waals surface area contributed by atoms with Crippen LogP contribution in [0, 0.1) is 5.92 Å². The number of unbranched alkanes of at least 4 members (excludes halogenated alkanes) is 1. The molecule has 1 aromatic heterocycles. The number of aryl methyl sites for hydroxylation is 1. The smallest absolute Gasteiger partial charge is 0.303 e. The molecule has 1 saturated heterocycles. The first-order valence-corrected chi connectivity index (χ1v) is 10.4. The molecule has 2 heterocycles. The molecule has 0 bridgehead atoms. The van der Waals surface area contributed by atoms with Crippen LogP contribution in [0.2, 0.25) is 0 Å². The Morgan fingerprint density at radius 1 is 1.17 bits per heavy atom. The predicted molar refractivity (Wildman–Crippen MR) is 113 cm³/mol. The number of carboxylic acid groups (broad SMARTS) is 1. The number of rotatable bonds is 10. The van der Waals surface area contributed by atoms with Gasteiger partial charge < -0.3 is 19.7 Å². The number of allylic oxidation sites excluding steroid dienone is 2. The fraction of sp³-hybridized carbons (Fsp3) is 0.417. The molecule has 1 fully saturated rings. The Kier molecular flexibility index (Phi) is 8.41. The molecular weight excluding hydrogens is 382 g/mol. The summed E-state index contributed by atoms with van der Waals surface area (Å²) in [4.78, 5) is 14.6. The van der Waals surface area contributed by atoms with Crippen molar-refractivity contribution in [3.05, 3.63) is 72.1 Å².